The van der Waals surface area contributed by atoms with Crippen molar-refractivity contribution in [2.45, 2.75) is 26.2 Å². The Bertz CT molecular complexity index is 1150. The van der Waals surface area contributed by atoms with Crippen molar-refractivity contribution in [1.29, 1.82) is 0 Å². The molecule has 4 aromatic rings. The van der Waals surface area contributed by atoms with Gasteiger partial charge in [0.25, 0.3) is 0 Å². The van der Waals surface area contributed by atoms with Crippen molar-refractivity contribution in [3.63, 3.8) is 0 Å². The molecule has 0 unspecified atom stereocenters. The molecule has 4 rings (SSSR count). The molecule has 0 radical (unpaired) electrons. The van der Waals surface area contributed by atoms with Crippen molar-refractivity contribution in [2.75, 3.05) is 13.7 Å². The Morgan fingerprint density at radius 1 is 1.04 bits per heavy atom. The van der Waals surface area contributed by atoms with Gasteiger partial charge < -0.3 is 15.5 Å². The number of rotatable bonds is 6. The summed E-state index contributed by atoms with van der Waals surface area (Å²) in [7, 11) is 1.74. The lowest BCUT2D eigenvalue weighted by atomic mass is 9.97. The zero-order chi connectivity index (χ0) is 19.7. The summed E-state index contributed by atoms with van der Waals surface area (Å²) >= 11 is 6.64. The summed E-state index contributed by atoms with van der Waals surface area (Å²) in [4.78, 5) is 3.66. The SMILES string of the molecule is COc1c(-c2[nH]c3c(C)ccc(Cl)c3c2CCCCN)ccc2ccccc12. The van der Waals surface area contributed by atoms with Crippen molar-refractivity contribution in [1.82, 2.24) is 4.98 Å². The zero-order valence-corrected chi connectivity index (χ0v) is 17.1. The van der Waals surface area contributed by atoms with Crippen molar-refractivity contribution < 1.29 is 4.74 Å². The quantitative estimate of drug-likeness (QED) is 0.381. The van der Waals surface area contributed by atoms with E-state index in [0.29, 0.717) is 6.54 Å². The van der Waals surface area contributed by atoms with Crippen molar-refractivity contribution in [3.8, 4) is 17.0 Å². The van der Waals surface area contributed by atoms with Crippen LogP contribution in [0.2, 0.25) is 5.02 Å². The van der Waals surface area contributed by atoms with Gasteiger partial charge in [0.2, 0.25) is 0 Å². The lowest BCUT2D eigenvalue weighted by molar-refractivity contribution is 0.421. The Labute approximate surface area is 170 Å². The van der Waals surface area contributed by atoms with E-state index in [4.69, 9.17) is 22.1 Å². The standard InChI is InChI=1S/C24H25ClN2O/c1-15-10-13-20(25)21-18(9-5-6-14-26)23(27-22(15)21)19-12-11-16-7-3-4-8-17(16)24(19)28-2/h3-4,7-8,10-13,27H,5-6,9,14,26H2,1-2H3. The predicted molar refractivity (Wildman–Crippen MR) is 120 cm³/mol. The molecule has 3 N–H and O–H groups in total. The maximum Gasteiger partial charge on any atom is 0.136 e. The highest BCUT2D eigenvalue weighted by Gasteiger charge is 2.20. The first-order chi connectivity index (χ1) is 13.7. The van der Waals surface area contributed by atoms with Crippen molar-refractivity contribution in [3.05, 3.63) is 64.7 Å². The van der Waals surface area contributed by atoms with E-state index < -0.39 is 0 Å². The third-order valence-corrected chi connectivity index (χ3v) is 5.77. The molecule has 3 nitrogen and oxygen atoms in total. The van der Waals surface area contributed by atoms with Gasteiger partial charge in [0.05, 0.1) is 23.3 Å². The third-order valence-electron chi connectivity index (χ3n) is 5.45. The number of benzene rings is 3. The van der Waals surface area contributed by atoms with Gasteiger partial charge >= 0.3 is 0 Å². The molecule has 0 bridgehead atoms. The molecule has 1 aromatic heterocycles. The Morgan fingerprint density at radius 2 is 1.86 bits per heavy atom. The number of unbranched alkanes of at least 4 members (excludes halogenated alkanes) is 1. The number of methoxy groups -OCH3 is 1. The Morgan fingerprint density at radius 3 is 2.64 bits per heavy atom. The van der Waals surface area contributed by atoms with Gasteiger partial charge in [-0.05, 0) is 61.4 Å². The molecule has 0 spiro atoms. The van der Waals surface area contributed by atoms with Crippen LogP contribution >= 0.6 is 11.6 Å². The van der Waals surface area contributed by atoms with Gasteiger partial charge in [0, 0.05) is 16.3 Å². The van der Waals surface area contributed by atoms with Crippen LogP contribution in [0.3, 0.4) is 0 Å². The average Bonchev–Trinajstić information content (AvgIpc) is 3.10. The Hall–Kier alpha value is -2.49. The second-order valence-corrected chi connectivity index (χ2v) is 7.61. The number of fused-ring (bicyclic) bond motifs is 2. The summed E-state index contributed by atoms with van der Waals surface area (Å²) in [5.41, 5.74) is 11.4. The average molecular weight is 393 g/mol. The van der Waals surface area contributed by atoms with E-state index in [2.05, 4.69) is 42.2 Å². The molecule has 0 atom stereocenters. The van der Waals surface area contributed by atoms with Gasteiger partial charge in [-0.1, -0.05) is 48.0 Å². The summed E-state index contributed by atoms with van der Waals surface area (Å²) in [5, 5.41) is 4.17. The number of hydrogen-bond acceptors (Lipinski definition) is 2. The first-order valence-electron chi connectivity index (χ1n) is 9.71. The summed E-state index contributed by atoms with van der Waals surface area (Å²) in [6, 6.07) is 16.6. The summed E-state index contributed by atoms with van der Waals surface area (Å²) in [6.45, 7) is 2.81. The lowest BCUT2D eigenvalue weighted by Crippen LogP contribution is -1.99. The van der Waals surface area contributed by atoms with E-state index in [1.165, 1.54) is 11.1 Å². The molecule has 1 heterocycles. The molecule has 0 aliphatic carbocycles. The minimum atomic E-state index is 0.698. The summed E-state index contributed by atoms with van der Waals surface area (Å²) in [5.74, 6) is 0.888. The zero-order valence-electron chi connectivity index (χ0n) is 16.3. The highest BCUT2D eigenvalue weighted by atomic mass is 35.5. The predicted octanol–water partition coefficient (Wildman–Crippen LogP) is 6.24. The minimum absolute atomic E-state index is 0.698. The molecule has 28 heavy (non-hydrogen) atoms. The largest absolute Gasteiger partial charge is 0.495 e. The minimum Gasteiger partial charge on any atom is -0.495 e. The number of halogens is 1. The van der Waals surface area contributed by atoms with Crippen LogP contribution in [0.15, 0.2) is 48.5 Å². The highest BCUT2D eigenvalue weighted by molar-refractivity contribution is 6.36. The topological polar surface area (TPSA) is 51.0 Å². The van der Waals surface area contributed by atoms with Crippen LogP contribution in [-0.2, 0) is 6.42 Å². The molecule has 0 fully saturated rings. The normalized spacial score (nSPS) is 11.4. The van der Waals surface area contributed by atoms with Gasteiger partial charge in [-0.15, -0.1) is 0 Å². The number of aromatic amines is 1. The van der Waals surface area contributed by atoms with Gasteiger partial charge in [-0.3, -0.25) is 0 Å². The molecule has 0 amide bonds. The van der Waals surface area contributed by atoms with E-state index in [1.807, 2.05) is 18.2 Å². The van der Waals surface area contributed by atoms with Crippen LogP contribution in [0.4, 0.5) is 0 Å². The van der Waals surface area contributed by atoms with Gasteiger partial charge in [0.15, 0.2) is 0 Å². The molecule has 0 saturated carbocycles. The van der Waals surface area contributed by atoms with Crippen LogP contribution in [0.1, 0.15) is 24.0 Å². The fraction of sp³-hybridized carbons (Fsp3) is 0.250. The molecule has 0 aliphatic rings. The number of nitrogens with two attached hydrogens (primary N) is 1. The molecular weight excluding hydrogens is 368 g/mol. The maximum absolute atomic E-state index is 6.64. The smallest absolute Gasteiger partial charge is 0.136 e. The van der Waals surface area contributed by atoms with Gasteiger partial charge in [-0.2, -0.15) is 0 Å². The first-order valence-corrected chi connectivity index (χ1v) is 10.1. The van der Waals surface area contributed by atoms with E-state index in [9.17, 15) is 0 Å². The maximum atomic E-state index is 6.64. The van der Waals surface area contributed by atoms with Gasteiger partial charge in [-0.25, -0.2) is 0 Å². The third kappa shape index (κ3) is 3.15. The number of hydrogen-bond donors (Lipinski definition) is 2. The number of ether oxygens (including phenoxy) is 1. The van der Waals surface area contributed by atoms with Gasteiger partial charge in [0.1, 0.15) is 5.75 Å². The van der Waals surface area contributed by atoms with Crippen LogP contribution in [0.25, 0.3) is 32.9 Å². The molecule has 0 saturated heterocycles. The Kier molecular flexibility index (Phi) is 5.29. The van der Waals surface area contributed by atoms with Crippen molar-refractivity contribution >= 4 is 33.3 Å². The molecule has 4 heteroatoms. The fourth-order valence-electron chi connectivity index (χ4n) is 4.05. The monoisotopic (exact) mass is 392 g/mol. The number of H-pyrrole nitrogens is 1. The van der Waals surface area contributed by atoms with E-state index in [0.717, 1.165) is 63.0 Å². The van der Waals surface area contributed by atoms with Crippen LogP contribution < -0.4 is 10.5 Å². The van der Waals surface area contributed by atoms with Crippen LogP contribution in [0, 0.1) is 6.92 Å². The molecule has 0 aliphatic heterocycles. The van der Waals surface area contributed by atoms with E-state index in [-0.39, 0.29) is 0 Å². The lowest BCUT2D eigenvalue weighted by Gasteiger charge is -2.13. The second kappa shape index (κ2) is 7.86. The molecule has 144 valence electrons. The molecule has 3 aromatic carbocycles. The Balaban J connectivity index is 2.00. The van der Waals surface area contributed by atoms with E-state index in [1.54, 1.807) is 7.11 Å². The summed E-state index contributed by atoms with van der Waals surface area (Å²) in [6.07, 6.45) is 2.94. The molecular formula is C24H25ClN2O. The van der Waals surface area contributed by atoms with Crippen molar-refractivity contribution in [2.24, 2.45) is 5.73 Å². The van der Waals surface area contributed by atoms with E-state index >= 15 is 0 Å². The number of aromatic nitrogens is 1. The van der Waals surface area contributed by atoms with Crippen LogP contribution in [-0.4, -0.2) is 18.6 Å². The fourth-order valence-corrected chi connectivity index (χ4v) is 4.32. The number of aryl methyl sites for hydroxylation is 2. The summed E-state index contributed by atoms with van der Waals surface area (Å²) < 4.78 is 5.88. The number of nitrogens with one attached hydrogen (secondary N) is 1. The second-order valence-electron chi connectivity index (χ2n) is 7.21. The van der Waals surface area contributed by atoms with Crippen LogP contribution in [0.5, 0.6) is 5.75 Å². The first kappa shape index (κ1) is 18.9. The highest BCUT2D eigenvalue weighted by Crippen LogP contribution is 2.42.